The lowest BCUT2D eigenvalue weighted by atomic mass is 10.1. The molecule has 1 aromatic carbocycles. The first kappa shape index (κ1) is 25.3. The van der Waals surface area contributed by atoms with Gasteiger partial charge in [-0.1, -0.05) is 12.1 Å². The number of piperazine rings is 1. The second-order valence-corrected chi connectivity index (χ2v) is 11.0. The van der Waals surface area contributed by atoms with E-state index in [1.165, 1.54) is 29.4 Å². The molecule has 10 heteroatoms. The van der Waals surface area contributed by atoms with Crippen molar-refractivity contribution in [1.29, 1.82) is 0 Å². The first-order valence-corrected chi connectivity index (χ1v) is 13.4. The summed E-state index contributed by atoms with van der Waals surface area (Å²) < 4.78 is 3.18. The number of anilines is 3. The summed E-state index contributed by atoms with van der Waals surface area (Å²) in [5.41, 5.74) is 1.61. The van der Waals surface area contributed by atoms with Crippen LogP contribution in [0.5, 0.6) is 0 Å². The van der Waals surface area contributed by atoms with E-state index >= 15 is 0 Å². The second kappa shape index (κ2) is 9.62. The maximum atomic E-state index is 13.2. The number of hydrogen-bond donors (Lipinski definition) is 2. The zero-order chi connectivity index (χ0) is 27.3. The highest BCUT2D eigenvalue weighted by atomic mass is 16.3. The maximum absolute atomic E-state index is 13.2. The molecule has 6 rings (SSSR count). The predicted molar refractivity (Wildman–Crippen MR) is 153 cm³/mol. The highest BCUT2D eigenvalue weighted by Crippen LogP contribution is 2.32. The number of rotatable bonds is 7. The van der Waals surface area contributed by atoms with E-state index in [9.17, 15) is 9.90 Å². The van der Waals surface area contributed by atoms with Gasteiger partial charge in [0.15, 0.2) is 11.5 Å². The quantitative estimate of drug-likeness (QED) is 0.353. The summed E-state index contributed by atoms with van der Waals surface area (Å²) in [6.45, 7) is 9.53. The molecule has 0 amide bonds. The number of nitrogens with zero attached hydrogens (tertiary/aromatic N) is 7. The maximum Gasteiger partial charge on any atom is 0.278 e. The first-order chi connectivity index (χ1) is 18.7. The monoisotopic (exact) mass is 526 g/mol. The third-order valence-corrected chi connectivity index (χ3v) is 7.89. The Hall–Kier alpha value is -4.02. The van der Waals surface area contributed by atoms with E-state index in [1.54, 1.807) is 42.8 Å². The van der Waals surface area contributed by atoms with Crippen LogP contribution in [0.3, 0.4) is 0 Å². The molecule has 0 radical (unpaired) electrons. The van der Waals surface area contributed by atoms with Crippen molar-refractivity contribution in [2.45, 2.75) is 50.9 Å². The van der Waals surface area contributed by atoms with Gasteiger partial charge in [0, 0.05) is 42.7 Å². The van der Waals surface area contributed by atoms with Crippen LogP contribution in [0.4, 0.5) is 17.3 Å². The van der Waals surface area contributed by atoms with E-state index < -0.39 is 5.60 Å². The van der Waals surface area contributed by atoms with Crippen molar-refractivity contribution >= 4 is 28.4 Å². The normalized spacial score (nSPS) is 19.5. The Balaban J connectivity index is 1.32. The van der Waals surface area contributed by atoms with Crippen molar-refractivity contribution in [3.8, 4) is 5.82 Å². The molecular weight excluding hydrogens is 492 g/mol. The Labute approximate surface area is 227 Å². The molecule has 202 valence electrons. The summed E-state index contributed by atoms with van der Waals surface area (Å²) in [7, 11) is 2.24. The third-order valence-electron chi connectivity index (χ3n) is 7.89. The zero-order valence-electron chi connectivity index (χ0n) is 22.6. The average molecular weight is 527 g/mol. The van der Waals surface area contributed by atoms with Crippen molar-refractivity contribution in [3.63, 3.8) is 0 Å². The van der Waals surface area contributed by atoms with Gasteiger partial charge in [0.2, 0.25) is 5.95 Å². The van der Waals surface area contributed by atoms with Crippen molar-refractivity contribution in [3.05, 3.63) is 77.4 Å². The number of fused-ring (bicyclic) bond motifs is 3. The number of allylic oxidation sites excluding steroid dienone is 1. The van der Waals surface area contributed by atoms with Gasteiger partial charge in [0.05, 0.1) is 12.2 Å². The molecule has 10 nitrogen and oxygen atoms in total. The Morgan fingerprint density at radius 1 is 1.10 bits per heavy atom. The fourth-order valence-electron chi connectivity index (χ4n) is 5.70. The summed E-state index contributed by atoms with van der Waals surface area (Å²) >= 11 is 0. The Morgan fingerprint density at radius 2 is 1.82 bits per heavy atom. The van der Waals surface area contributed by atoms with Crippen molar-refractivity contribution in [2.24, 2.45) is 0 Å². The predicted octanol–water partition coefficient (Wildman–Crippen LogP) is 3.42. The van der Waals surface area contributed by atoms with Crippen LogP contribution in [0.2, 0.25) is 0 Å². The molecule has 2 aliphatic rings. The molecule has 2 aliphatic heterocycles. The average Bonchev–Trinajstić information content (AvgIpc) is 3.28. The molecule has 4 aromatic rings. The second-order valence-electron chi connectivity index (χ2n) is 11.0. The van der Waals surface area contributed by atoms with Gasteiger partial charge >= 0.3 is 0 Å². The van der Waals surface area contributed by atoms with Gasteiger partial charge in [0.1, 0.15) is 11.0 Å². The molecule has 39 heavy (non-hydrogen) atoms. The molecule has 2 unspecified atom stereocenters. The number of aromatic nitrogens is 5. The van der Waals surface area contributed by atoms with Crippen LogP contribution < -0.4 is 15.8 Å². The van der Waals surface area contributed by atoms with Crippen LogP contribution in [-0.2, 0) is 12.1 Å². The number of pyridine rings is 1. The molecule has 0 spiro atoms. The highest BCUT2D eigenvalue weighted by molar-refractivity contribution is 5.77. The number of likely N-dealkylation sites (N-methyl/N-ethyl adjacent to an activating group) is 1. The smallest absolute Gasteiger partial charge is 0.278 e. The number of hydrogen-bond acceptors (Lipinski definition) is 8. The topological polar surface area (TPSA) is 104 Å². The van der Waals surface area contributed by atoms with Gasteiger partial charge in [-0.25, -0.2) is 19.3 Å². The summed E-state index contributed by atoms with van der Waals surface area (Å²) in [4.78, 5) is 32.0. The lowest BCUT2D eigenvalue weighted by Gasteiger charge is -2.40. The third kappa shape index (κ3) is 4.59. The summed E-state index contributed by atoms with van der Waals surface area (Å²) in [6, 6.07) is 14.9. The molecule has 2 N–H and O–H groups in total. The summed E-state index contributed by atoms with van der Waals surface area (Å²) in [5, 5.41) is 14.2. The molecule has 2 atom stereocenters. The van der Waals surface area contributed by atoms with Crippen LogP contribution >= 0.6 is 0 Å². The molecule has 0 aliphatic carbocycles. The van der Waals surface area contributed by atoms with E-state index in [0.717, 1.165) is 18.8 Å². The van der Waals surface area contributed by atoms with Crippen LogP contribution in [0.15, 0.2) is 66.1 Å². The minimum Gasteiger partial charge on any atom is -0.384 e. The minimum absolute atomic E-state index is 0.239. The van der Waals surface area contributed by atoms with E-state index in [0.29, 0.717) is 40.6 Å². The van der Waals surface area contributed by atoms with Gasteiger partial charge in [-0.2, -0.15) is 4.98 Å². The molecule has 2 bridgehead atoms. The molecule has 2 fully saturated rings. The fraction of sp³-hybridized carbons (Fsp3) is 0.379. The van der Waals surface area contributed by atoms with Gasteiger partial charge in [0.25, 0.3) is 5.56 Å². The standard InChI is InChI=1S/C29H34N8O2/c1-5-15-36-27(38)23-16-30-28(33-26(23)37(36)25-8-6-7-24(32-25)29(2,3)39)31-19-9-11-20(12-10-19)35-17-21-13-14-22(18-35)34(21)4/h5-12,16,21-22,39H,1,13-15,17-18H2,2-4H3,(H,30,31,33). The van der Waals surface area contributed by atoms with Crippen LogP contribution in [-0.4, -0.2) is 66.5 Å². The highest BCUT2D eigenvalue weighted by Gasteiger charge is 2.37. The molecular formula is C29H34N8O2. The van der Waals surface area contributed by atoms with E-state index in [1.807, 2.05) is 12.1 Å². The van der Waals surface area contributed by atoms with E-state index in [-0.39, 0.29) is 12.1 Å². The lowest BCUT2D eigenvalue weighted by molar-refractivity contribution is 0.0738. The van der Waals surface area contributed by atoms with Gasteiger partial charge < -0.3 is 15.3 Å². The van der Waals surface area contributed by atoms with Crippen molar-refractivity contribution in [1.82, 2.24) is 29.2 Å². The summed E-state index contributed by atoms with van der Waals surface area (Å²) in [6.07, 6.45) is 5.73. The van der Waals surface area contributed by atoms with Crippen molar-refractivity contribution < 1.29 is 5.11 Å². The van der Waals surface area contributed by atoms with E-state index in [4.69, 9.17) is 4.98 Å². The summed E-state index contributed by atoms with van der Waals surface area (Å²) in [5.74, 6) is 0.842. The van der Waals surface area contributed by atoms with Gasteiger partial charge in [-0.15, -0.1) is 6.58 Å². The molecule has 2 saturated heterocycles. The van der Waals surface area contributed by atoms with Gasteiger partial charge in [-0.05, 0) is 70.1 Å². The zero-order valence-corrected chi connectivity index (χ0v) is 22.6. The SMILES string of the molecule is C=CCn1c(=O)c2cnc(Nc3ccc(N4CC5CCC(C4)N5C)cc3)nc2n1-c1cccc(C(C)(C)O)n1. The molecule has 5 heterocycles. The molecule has 3 aromatic heterocycles. The fourth-order valence-corrected chi connectivity index (χ4v) is 5.70. The lowest BCUT2D eigenvalue weighted by Crippen LogP contribution is -2.51. The van der Waals surface area contributed by atoms with E-state index in [2.05, 4.69) is 50.8 Å². The minimum atomic E-state index is -1.14. The van der Waals surface area contributed by atoms with Crippen LogP contribution in [0.1, 0.15) is 32.4 Å². The number of benzene rings is 1. The largest absolute Gasteiger partial charge is 0.384 e. The van der Waals surface area contributed by atoms with Gasteiger partial charge in [-0.3, -0.25) is 9.69 Å². The first-order valence-electron chi connectivity index (χ1n) is 13.4. The Bertz CT molecular complexity index is 1570. The van der Waals surface area contributed by atoms with Crippen molar-refractivity contribution in [2.75, 3.05) is 30.4 Å². The Morgan fingerprint density at radius 3 is 2.49 bits per heavy atom. The Kier molecular flexibility index (Phi) is 6.23. The number of aliphatic hydroxyl groups is 1. The number of nitrogens with one attached hydrogen (secondary N) is 1. The van der Waals surface area contributed by atoms with Crippen LogP contribution in [0.25, 0.3) is 16.9 Å². The van der Waals surface area contributed by atoms with Crippen LogP contribution in [0, 0.1) is 0 Å². The molecule has 0 saturated carbocycles.